The Bertz CT molecular complexity index is 1060. The van der Waals surface area contributed by atoms with E-state index in [-0.39, 0.29) is 19.6 Å². The van der Waals surface area contributed by atoms with Crippen molar-refractivity contribution in [3.63, 3.8) is 0 Å². The van der Waals surface area contributed by atoms with Gasteiger partial charge in [-0.2, -0.15) is 5.10 Å². The summed E-state index contributed by atoms with van der Waals surface area (Å²) in [5.41, 5.74) is 1.03. The van der Waals surface area contributed by atoms with Crippen molar-refractivity contribution in [1.29, 1.82) is 0 Å². The van der Waals surface area contributed by atoms with Gasteiger partial charge in [-0.3, -0.25) is 14.5 Å². The lowest BCUT2D eigenvalue weighted by Gasteiger charge is -2.15. The fourth-order valence-corrected chi connectivity index (χ4v) is 3.31. The standard InChI is InChI=1S/C19H16F4N4O2/c20-13-2-1-10(3-12(13)19(22)23)11-4-16-15(24-5-11)6-25-27(16)9-18(29)26-7-14(21)17(28)8-26/h1-6,14,17,19,28H,7-9H2/t14-,17-/m1/s1. The quantitative estimate of drug-likeness (QED) is 0.674. The van der Waals surface area contributed by atoms with Crippen molar-refractivity contribution >= 4 is 16.9 Å². The Balaban J connectivity index is 1.63. The number of nitrogens with zero attached hydrogens (tertiary/aromatic N) is 4. The SMILES string of the molecule is O=C(Cn1ncc2ncc(-c3ccc(F)c(C(F)F)c3)cc21)N1C[C@@H](O)[C@H](F)C1. The number of carbonyl (C=O) groups is 1. The number of likely N-dealkylation sites (tertiary alicyclic amines) is 1. The van der Waals surface area contributed by atoms with Gasteiger partial charge in [-0.1, -0.05) is 6.07 Å². The number of pyridine rings is 1. The van der Waals surface area contributed by atoms with Crippen LogP contribution in [0, 0.1) is 5.82 Å². The fourth-order valence-electron chi connectivity index (χ4n) is 3.31. The Morgan fingerprint density at radius 3 is 2.69 bits per heavy atom. The number of β-amino-alcohol motifs (C(OH)–C–C–N with tert-alkyl or cyclic N) is 1. The predicted octanol–water partition coefficient (Wildman–Crippen LogP) is 2.72. The van der Waals surface area contributed by atoms with Crippen LogP contribution in [-0.4, -0.2) is 56.0 Å². The highest BCUT2D eigenvalue weighted by Crippen LogP contribution is 2.29. The monoisotopic (exact) mass is 408 g/mol. The Morgan fingerprint density at radius 2 is 2.00 bits per heavy atom. The molecule has 6 nitrogen and oxygen atoms in total. The number of fused-ring (bicyclic) bond motifs is 1. The van der Waals surface area contributed by atoms with Crippen LogP contribution in [0.3, 0.4) is 0 Å². The average Bonchev–Trinajstić information content (AvgIpc) is 3.24. The topological polar surface area (TPSA) is 71.2 Å². The zero-order chi connectivity index (χ0) is 20.7. The minimum absolute atomic E-state index is 0.0886. The molecule has 1 aliphatic rings. The van der Waals surface area contributed by atoms with E-state index in [1.54, 1.807) is 6.07 Å². The molecule has 1 amide bonds. The van der Waals surface area contributed by atoms with Gasteiger partial charge in [-0.05, 0) is 23.8 Å². The number of aromatic nitrogens is 3. The predicted molar refractivity (Wildman–Crippen MR) is 95.4 cm³/mol. The van der Waals surface area contributed by atoms with Gasteiger partial charge >= 0.3 is 0 Å². The second kappa shape index (κ2) is 7.43. The average molecular weight is 408 g/mol. The molecule has 1 fully saturated rings. The summed E-state index contributed by atoms with van der Waals surface area (Å²) in [5, 5.41) is 13.6. The molecule has 29 heavy (non-hydrogen) atoms. The minimum atomic E-state index is -2.95. The van der Waals surface area contributed by atoms with E-state index in [0.29, 0.717) is 22.2 Å². The van der Waals surface area contributed by atoms with Crippen molar-refractivity contribution in [2.75, 3.05) is 13.1 Å². The third kappa shape index (κ3) is 3.67. The van der Waals surface area contributed by atoms with Crippen molar-refractivity contribution in [3.8, 4) is 11.1 Å². The summed E-state index contributed by atoms with van der Waals surface area (Å²) in [6, 6.07) is 5.00. The summed E-state index contributed by atoms with van der Waals surface area (Å²) in [6.45, 7) is -0.469. The number of carbonyl (C=O) groups excluding carboxylic acids is 1. The molecule has 10 heteroatoms. The largest absolute Gasteiger partial charge is 0.388 e. The molecule has 1 aromatic carbocycles. The van der Waals surface area contributed by atoms with Crippen molar-refractivity contribution in [2.24, 2.45) is 0 Å². The molecule has 0 aliphatic carbocycles. The first-order valence-electron chi connectivity index (χ1n) is 8.83. The number of hydrogen-bond acceptors (Lipinski definition) is 4. The molecular formula is C19H16F4N4O2. The molecule has 3 aromatic rings. The highest BCUT2D eigenvalue weighted by Gasteiger charge is 2.34. The first-order valence-corrected chi connectivity index (χ1v) is 8.83. The van der Waals surface area contributed by atoms with Crippen LogP contribution in [0.2, 0.25) is 0 Å². The van der Waals surface area contributed by atoms with E-state index >= 15 is 0 Å². The van der Waals surface area contributed by atoms with E-state index in [4.69, 9.17) is 0 Å². The maximum Gasteiger partial charge on any atom is 0.266 e. The van der Waals surface area contributed by atoms with E-state index in [1.165, 1.54) is 28.0 Å². The zero-order valence-corrected chi connectivity index (χ0v) is 15.0. The summed E-state index contributed by atoms with van der Waals surface area (Å²) in [6.07, 6.45) is -2.75. The number of benzene rings is 1. The van der Waals surface area contributed by atoms with E-state index in [1.807, 2.05) is 0 Å². The number of aliphatic hydroxyl groups excluding tert-OH is 1. The fraction of sp³-hybridized carbons (Fsp3) is 0.316. The van der Waals surface area contributed by atoms with Crippen LogP contribution in [0.1, 0.15) is 12.0 Å². The first kappa shape index (κ1) is 19.3. The van der Waals surface area contributed by atoms with Crippen LogP contribution in [0.25, 0.3) is 22.2 Å². The molecule has 0 unspecified atom stereocenters. The lowest BCUT2D eigenvalue weighted by atomic mass is 10.0. The third-order valence-corrected chi connectivity index (χ3v) is 4.92. The number of aliphatic hydroxyl groups is 1. The molecule has 4 rings (SSSR count). The normalized spacial score (nSPS) is 19.4. The molecule has 2 aromatic heterocycles. The van der Waals surface area contributed by atoms with Crippen molar-refractivity contribution in [2.45, 2.75) is 25.2 Å². The van der Waals surface area contributed by atoms with Crippen molar-refractivity contribution in [1.82, 2.24) is 19.7 Å². The highest BCUT2D eigenvalue weighted by atomic mass is 19.3. The van der Waals surface area contributed by atoms with E-state index < -0.39 is 36.0 Å². The van der Waals surface area contributed by atoms with Crippen LogP contribution in [-0.2, 0) is 11.3 Å². The number of alkyl halides is 3. The van der Waals surface area contributed by atoms with Gasteiger partial charge in [0.1, 0.15) is 30.2 Å². The summed E-state index contributed by atoms with van der Waals surface area (Å²) in [5.74, 6) is -1.41. The van der Waals surface area contributed by atoms with Gasteiger partial charge < -0.3 is 10.0 Å². The zero-order valence-electron chi connectivity index (χ0n) is 15.0. The highest BCUT2D eigenvalue weighted by molar-refractivity contribution is 5.83. The molecule has 152 valence electrons. The van der Waals surface area contributed by atoms with Gasteiger partial charge in [0.15, 0.2) is 0 Å². The Kier molecular flexibility index (Phi) is 4.95. The summed E-state index contributed by atoms with van der Waals surface area (Å²) in [4.78, 5) is 17.8. The lowest BCUT2D eigenvalue weighted by molar-refractivity contribution is -0.131. The first-order chi connectivity index (χ1) is 13.8. The minimum Gasteiger partial charge on any atom is -0.388 e. The molecule has 0 bridgehead atoms. The van der Waals surface area contributed by atoms with Gasteiger partial charge in [-0.25, -0.2) is 17.6 Å². The second-order valence-corrected chi connectivity index (χ2v) is 6.85. The molecule has 3 heterocycles. The third-order valence-electron chi connectivity index (χ3n) is 4.92. The van der Waals surface area contributed by atoms with Crippen LogP contribution >= 0.6 is 0 Å². The Labute approximate surface area is 162 Å². The van der Waals surface area contributed by atoms with Crippen molar-refractivity contribution in [3.05, 3.63) is 48.0 Å². The number of amides is 1. The number of hydrogen-bond donors (Lipinski definition) is 1. The number of halogens is 4. The summed E-state index contributed by atoms with van der Waals surface area (Å²) >= 11 is 0. The second-order valence-electron chi connectivity index (χ2n) is 6.85. The van der Waals surface area contributed by atoms with Gasteiger partial charge in [0, 0.05) is 18.3 Å². The molecule has 1 N–H and O–H groups in total. The van der Waals surface area contributed by atoms with Crippen LogP contribution < -0.4 is 0 Å². The Morgan fingerprint density at radius 1 is 1.21 bits per heavy atom. The molecule has 1 saturated heterocycles. The summed E-state index contributed by atoms with van der Waals surface area (Å²) in [7, 11) is 0. The lowest BCUT2D eigenvalue weighted by Crippen LogP contribution is -2.33. The van der Waals surface area contributed by atoms with E-state index in [0.717, 1.165) is 12.1 Å². The maximum absolute atomic E-state index is 13.6. The van der Waals surface area contributed by atoms with E-state index in [9.17, 15) is 27.5 Å². The number of rotatable bonds is 4. The molecule has 0 spiro atoms. The molecule has 0 saturated carbocycles. The summed E-state index contributed by atoms with van der Waals surface area (Å²) < 4.78 is 54.3. The van der Waals surface area contributed by atoms with Crippen molar-refractivity contribution < 1.29 is 27.5 Å². The molecule has 0 radical (unpaired) electrons. The van der Waals surface area contributed by atoms with Gasteiger partial charge in [0.05, 0.1) is 23.8 Å². The smallest absolute Gasteiger partial charge is 0.266 e. The molecular weight excluding hydrogens is 392 g/mol. The molecule has 1 aliphatic heterocycles. The van der Waals surface area contributed by atoms with Crippen LogP contribution in [0.5, 0.6) is 0 Å². The van der Waals surface area contributed by atoms with Crippen LogP contribution in [0.15, 0.2) is 36.7 Å². The van der Waals surface area contributed by atoms with Gasteiger partial charge in [0.2, 0.25) is 5.91 Å². The van der Waals surface area contributed by atoms with E-state index in [2.05, 4.69) is 10.1 Å². The van der Waals surface area contributed by atoms with Crippen LogP contribution in [0.4, 0.5) is 17.6 Å². The van der Waals surface area contributed by atoms with Gasteiger partial charge in [-0.15, -0.1) is 0 Å². The molecule has 2 atom stereocenters. The Hall–Kier alpha value is -3.01. The maximum atomic E-state index is 13.6. The van der Waals surface area contributed by atoms with Gasteiger partial charge in [0.25, 0.3) is 6.43 Å².